The predicted octanol–water partition coefficient (Wildman–Crippen LogP) is 5.38. The lowest BCUT2D eigenvalue weighted by Crippen LogP contribution is -2.29. The zero-order valence-electron chi connectivity index (χ0n) is 17.3. The zero-order chi connectivity index (χ0) is 20.8. The second-order valence-electron chi connectivity index (χ2n) is 7.75. The number of thiazole rings is 1. The van der Waals surface area contributed by atoms with Crippen molar-refractivity contribution in [1.82, 2.24) is 9.55 Å². The number of nitrogens with zero attached hydrogens (tertiary/aromatic N) is 3. The normalized spacial score (nSPS) is 13.1. The Morgan fingerprint density at radius 1 is 1.20 bits per heavy atom. The first-order valence-corrected chi connectivity index (χ1v) is 11.0. The molecule has 0 N–H and O–H groups in total. The summed E-state index contributed by atoms with van der Waals surface area (Å²) in [6.07, 6.45) is 2.54. The molecule has 0 unspecified atom stereocenters. The smallest absolute Gasteiger partial charge is 0.260 e. The van der Waals surface area contributed by atoms with Crippen molar-refractivity contribution in [2.24, 2.45) is 0 Å². The second-order valence-corrected chi connectivity index (χ2v) is 8.81. The van der Waals surface area contributed by atoms with Gasteiger partial charge in [-0.15, -0.1) is 11.3 Å². The quantitative estimate of drug-likeness (QED) is 0.448. The van der Waals surface area contributed by atoms with Crippen molar-refractivity contribution in [1.29, 1.82) is 0 Å². The van der Waals surface area contributed by atoms with Gasteiger partial charge < -0.3 is 13.9 Å². The van der Waals surface area contributed by atoms with E-state index in [1.54, 1.807) is 17.6 Å². The van der Waals surface area contributed by atoms with E-state index >= 15 is 0 Å². The molecule has 4 heterocycles. The maximum absolute atomic E-state index is 13.4. The predicted molar refractivity (Wildman–Crippen MR) is 119 cm³/mol. The average Bonchev–Trinajstić information content (AvgIpc) is 3.52. The molecule has 6 heteroatoms. The van der Waals surface area contributed by atoms with E-state index in [2.05, 4.69) is 33.1 Å². The molecule has 5 nitrogen and oxygen atoms in total. The molecular formula is C24H23N3O2S. The fraction of sp³-hybridized carbons (Fsp3) is 0.250. The summed E-state index contributed by atoms with van der Waals surface area (Å²) in [7, 11) is 0. The Kier molecular flexibility index (Phi) is 4.59. The van der Waals surface area contributed by atoms with Gasteiger partial charge in [0.05, 0.1) is 29.1 Å². The molecule has 0 saturated carbocycles. The van der Waals surface area contributed by atoms with Gasteiger partial charge in [0.25, 0.3) is 5.91 Å². The number of rotatable bonds is 4. The summed E-state index contributed by atoms with van der Waals surface area (Å²) in [6.45, 7) is 7.39. The molecule has 0 saturated heterocycles. The van der Waals surface area contributed by atoms with Crippen LogP contribution in [0.2, 0.25) is 0 Å². The summed E-state index contributed by atoms with van der Waals surface area (Å²) >= 11 is 1.66. The first-order valence-electron chi connectivity index (χ1n) is 10.1. The minimum Gasteiger partial charge on any atom is -0.467 e. The second kappa shape index (κ2) is 7.29. The van der Waals surface area contributed by atoms with Crippen molar-refractivity contribution in [2.75, 3.05) is 11.4 Å². The minimum atomic E-state index is 0.0600. The molecule has 5 rings (SSSR count). The van der Waals surface area contributed by atoms with Crippen molar-refractivity contribution < 1.29 is 9.21 Å². The highest BCUT2D eigenvalue weighted by molar-refractivity contribution is 7.09. The Hall–Kier alpha value is -3.12. The standard InChI is InChI=1S/C24H23N3O2S/c1-15-11-21(16(2)27(15)13-20-5-4-10-29-20)24(28)26-9-8-19-12-18(6-7-23(19)26)22-14-30-17(3)25-22/h4-7,10-12,14H,8-9,13H2,1-3H3. The van der Waals surface area contributed by atoms with Crippen molar-refractivity contribution >= 4 is 22.9 Å². The molecule has 152 valence electrons. The molecule has 4 aromatic rings. The van der Waals surface area contributed by atoms with Crippen LogP contribution in [0.1, 0.15) is 38.1 Å². The maximum atomic E-state index is 13.4. The largest absolute Gasteiger partial charge is 0.467 e. The number of furan rings is 1. The third-order valence-electron chi connectivity index (χ3n) is 5.83. The van der Waals surface area contributed by atoms with Gasteiger partial charge in [-0.25, -0.2) is 4.98 Å². The molecule has 30 heavy (non-hydrogen) atoms. The Morgan fingerprint density at radius 2 is 2.07 bits per heavy atom. The number of hydrogen-bond acceptors (Lipinski definition) is 4. The van der Waals surface area contributed by atoms with Gasteiger partial charge in [-0.1, -0.05) is 6.07 Å². The summed E-state index contributed by atoms with van der Waals surface area (Å²) in [5, 5.41) is 3.15. The number of anilines is 1. The van der Waals surface area contributed by atoms with Crippen LogP contribution in [0.3, 0.4) is 0 Å². The van der Waals surface area contributed by atoms with Gasteiger partial charge in [0, 0.05) is 34.6 Å². The number of fused-ring (bicyclic) bond motifs is 1. The fourth-order valence-electron chi connectivity index (χ4n) is 4.23. The van der Waals surface area contributed by atoms with Crippen molar-refractivity contribution in [3.8, 4) is 11.3 Å². The van der Waals surface area contributed by atoms with E-state index in [1.165, 1.54) is 5.56 Å². The number of benzene rings is 1. The molecular weight excluding hydrogens is 394 g/mol. The molecule has 3 aromatic heterocycles. The summed E-state index contributed by atoms with van der Waals surface area (Å²) in [5.41, 5.74) is 7.11. The van der Waals surface area contributed by atoms with Crippen LogP contribution in [-0.2, 0) is 13.0 Å². The fourth-order valence-corrected chi connectivity index (χ4v) is 4.85. The minimum absolute atomic E-state index is 0.0600. The van der Waals surface area contributed by atoms with Gasteiger partial charge in [0.2, 0.25) is 0 Å². The summed E-state index contributed by atoms with van der Waals surface area (Å²) in [6, 6.07) is 12.1. The number of aryl methyl sites for hydroxylation is 2. The van der Waals surface area contributed by atoms with Crippen molar-refractivity contribution in [2.45, 2.75) is 33.7 Å². The highest BCUT2D eigenvalue weighted by Crippen LogP contribution is 2.34. The Bertz CT molecular complexity index is 1230. The Morgan fingerprint density at radius 3 is 2.80 bits per heavy atom. The SMILES string of the molecule is Cc1nc(-c2ccc3c(c2)CCN3C(=O)c2cc(C)n(Cc3ccco3)c2C)cs1. The van der Waals surface area contributed by atoms with Crippen LogP contribution in [0.25, 0.3) is 11.3 Å². The van der Waals surface area contributed by atoms with Crippen LogP contribution in [-0.4, -0.2) is 22.0 Å². The van der Waals surface area contributed by atoms with E-state index in [1.807, 2.05) is 43.9 Å². The van der Waals surface area contributed by atoms with Crippen LogP contribution in [0.4, 0.5) is 5.69 Å². The van der Waals surface area contributed by atoms with E-state index in [4.69, 9.17) is 4.42 Å². The van der Waals surface area contributed by atoms with Gasteiger partial charge in [-0.3, -0.25) is 4.79 Å². The van der Waals surface area contributed by atoms with Crippen LogP contribution in [0, 0.1) is 20.8 Å². The lowest BCUT2D eigenvalue weighted by molar-refractivity contribution is 0.0988. The zero-order valence-corrected chi connectivity index (χ0v) is 18.1. The third kappa shape index (κ3) is 3.17. The molecule has 0 spiro atoms. The number of carbonyl (C=O) groups is 1. The van der Waals surface area contributed by atoms with Gasteiger partial charge in [-0.05, 0) is 63.1 Å². The van der Waals surface area contributed by atoms with Gasteiger partial charge in [-0.2, -0.15) is 0 Å². The van der Waals surface area contributed by atoms with Gasteiger partial charge >= 0.3 is 0 Å². The van der Waals surface area contributed by atoms with Crippen LogP contribution >= 0.6 is 11.3 Å². The van der Waals surface area contributed by atoms with Crippen LogP contribution in [0.5, 0.6) is 0 Å². The molecule has 0 aliphatic carbocycles. The van der Waals surface area contributed by atoms with E-state index in [-0.39, 0.29) is 5.91 Å². The molecule has 0 atom stereocenters. The summed E-state index contributed by atoms with van der Waals surface area (Å²) < 4.78 is 7.63. The summed E-state index contributed by atoms with van der Waals surface area (Å²) in [4.78, 5) is 19.9. The maximum Gasteiger partial charge on any atom is 0.260 e. The van der Waals surface area contributed by atoms with E-state index < -0.39 is 0 Å². The molecule has 0 radical (unpaired) electrons. The van der Waals surface area contributed by atoms with E-state index in [9.17, 15) is 4.79 Å². The topological polar surface area (TPSA) is 51.3 Å². The molecule has 0 fully saturated rings. The van der Waals surface area contributed by atoms with Gasteiger partial charge in [0.15, 0.2) is 0 Å². The number of carbonyl (C=O) groups excluding carboxylic acids is 1. The highest BCUT2D eigenvalue weighted by Gasteiger charge is 2.28. The number of amides is 1. The average molecular weight is 418 g/mol. The van der Waals surface area contributed by atoms with Crippen LogP contribution in [0.15, 0.2) is 52.5 Å². The number of hydrogen-bond donors (Lipinski definition) is 0. The monoisotopic (exact) mass is 417 g/mol. The molecule has 0 bridgehead atoms. The molecule has 1 aliphatic rings. The summed E-state index contributed by atoms with van der Waals surface area (Å²) in [5.74, 6) is 0.942. The Balaban J connectivity index is 1.43. The first kappa shape index (κ1) is 18.9. The number of aromatic nitrogens is 2. The lowest BCUT2D eigenvalue weighted by atomic mass is 10.1. The lowest BCUT2D eigenvalue weighted by Gasteiger charge is -2.18. The van der Waals surface area contributed by atoms with Gasteiger partial charge in [0.1, 0.15) is 5.76 Å². The Labute approximate surface area is 179 Å². The van der Waals surface area contributed by atoms with Crippen LogP contribution < -0.4 is 4.90 Å². The molecule has 1 amide bonds. The van der Waals surface area contributed by atoms with Crippen molar-refractivity contribution in [3.05, 3.63) is 81.3 Å². The molecule has 1 aliphatic heterocycles. The molecule has 1 aromatic carbocycles. The van der Waals surface area contributed by atoms with E-state index in [0.717, 1.165) is 51.1 Å². The third-order valence-corrected chi connectivity index (χ3v) is 6.61. The first-order chi connectivity index (χ1) is 14.5. The van der Waals surface area contributed by atoms with Crippen molar-refractivity contribution in [3.63, 3.8) is 0 Å². The van der Waals surface area contributed by atoms with E-state index in [0.29, 0.717) is 13.1 Å². The highest BCUT2D eigenvalue weighted by atomic mass is 32.1.